The molecular weight excluding hydrogens is 396 g/mol. The molecule has 29 heavy (non-hydrogen) atoms. The first kappa shape index (κ1) is 21.1. The number of rotatable bonds is 6. The van der Waals surface area contributed by atoms with Crippen LogP contribution in [0.2, 0.25) is 0 Å². The van der Waals surface area contributed by atoms with E-state index in [0.29, 0.717) is 36.6 Å². The maximum Gasteiger partial charge on any atom is 0.339 e. The molecule has 0 radical (unpaired) electrons. The van der Waals surface area contributed by atoms with E-state index in [2.05, 4.69) is 4.72 Å². The minimum absolute atomic E-state index is 0.172. The second-order valence-electron chi connectivity index (χ2n) is 7.18. The summed E-state index contributed by atoms with van der Waals surface area (Å²) >= 11 is 0. The summed E-state index contributed by atoms with van der Waals surface area (Å²) in [7, 11) is -3.78. The van der Waals surface area contributed by atoms with Crippen LogP contribution in [0.25, 0.3) is 0 Å². The van der Waals surface area contributed by atoms with Crippen molar-refractivity contribution in [1.29, 1.82) is 0 Å². The van der Waals surface area contributed by atoms with Crippen LogP contribution in [-0.2, 0) is 14.8 Å². The average molecular weight is 420 g/mol. The molecule has 3 rings (SSSR count). The summed E-state index contributed by atoms with van der Waals surface area (Å²) in [5.74, 6) is 0.515. The van der Waals surface area contributed by atoms with E-state index in [4.69, 9.17) is 9.15 Å². The number of carbonyl (C=O) groups is 1. The number of hydrogen-bond acceptors (Lipinski definition) is 6. The van der Waals surface area contributed by atoms with Gasteiger partial charge in [-0.25, -0.2) is 17.9 Å². The van der Waals surface area contributed by atoms with Gasteiger partial charge in [0, 0.05) is 19.0 Å². The Labute approximate surface area is 169 Å². The lowest BCUT2D eigenvalue weighted by molar-refractivity contribution is -0.129. The number of likely N-dealkylation sites (tertiary alicyclic amines) is 1. The lowest BCUT2D eigenvalue weighted by Crippen LogP contribution is -2.39. The van der Waals surface area contributed by atoms with Crippen LogP contribution in [-0.4, -0.2) is 45.0 Å². The third-order valence-electron chi connectivity index (χ3n) is 4.71. The van der Waals surface area contributed by atoms with Gasteiger partial charge in [-0.3, -0.25) is 4.79 Å². The minimum Gasteiger partial charge on any atom is -0.488 e. The Kier molecular flexibility index (Phi) is 6.09. The largest absolute Gasteiger partial charge is 0.488 e. The van der Waals surface area contributed by atoms with E-state index < -0.39 is 15.6 Å². The molecule has 0 bridgehead atoms. The fourth-order valence-electron chi connectivity index (χ4n) is 3.23. The maximum absolute atomic E-state index is 12.5. The van der Waals surface area contributed by atoms with E-state index in [1.807, 2.05) is 13.0 Å². The van der Waals surface area contributed by atoms with Crippen LogP contribution in [0.4, 0.5) is 0 Å². The molecular formula is C20H24N2O6S. The number of carbonyl (C=O) groups excluding carboxylic acids is 1. The number of aryl methyl sites for hydroxylation is 3. The smallest absolute Gasteiger partial charge is 0.339 e. The van der Waals surface area contributed by atoms with E-state index in [-0.39, 0.29) is 23.5 Å². The van der Waals surface area contributed by atoms with Crippen LogP contribution in [0.3, 0.4) is 0 Å². The van der Waals surface area contributed by atoms with Crippen molar-refractivity contribution < 1.29 is 22.4 Å². The predicted octanol–water partition coefficient (Wildman–Crippen LogP) is 1.52. The molecule has 1 aliphatic rings. The van der Waals surface area contributed by atoms with Gasteiger partial charge in [0.05, 0.1) is 24.1 Å². The Morgan fingerprint density at radius 1 is 1.24 bits per heavy atom. The monoisotopic (exact) mass is 420 g/mol. The molecule has 156 valence electrons. The summed E-state index contributed by atoms with van der Waals surface area (Å²) < 4.78 is 38.1. The highest BCUT2D eigenvalue weighted by Gasteiger charge is 2.29. The Balaban J connectivity index is 1.58. The third kappa shape index (κ3) is 5.24. The van der Waals surface area contributed by atoms with E-state index in [0.717, 1.165) is 5.56 Å². The molecule has 8 nitrogen and oxygen atoms in total. The van der Waals surface area contributed by atoms with Gasteiger partial charge in [0.1, 0.15) is 17.6 Å². The molecule has 1 fully saturated rings. The first-order valence-electron chi connectivity index (χ1n) is 9.27. The van der Waals surface area contributed by atoms with E-state index >= 15 is 0 Å². The fraction of sp³-hybridized carbons (Fsp3) is 0.400. The number of hydrogen-bond donors (Lipinski definition) is 1. The van der Waals surface area contributed by atoms with Crippen molar-refractivity contribution in [2.24, 2.45) is 0 Å². The standard InChI is InChI=1S/C20H24N2O6S/c1-13-4-5-14(2)18(8-13)29(25,26)21-11-19(23)22-7-6-16(12-22)28-17-9-15(3)27-20(24)10-17/h4-5,8-10,16,21H,6-7,11-12H2,1-3H3. The van der Waals surface area contributed by atoms with Crippen molar-refractivity contribution in [2.75, 3.05) is 19.6 Å². The quantitative estimate of drug-likeness (QED) is 0.760. The molecule has 0 aliphatic carbocycles. The van der Waals surface area contributed by atoms with Gasteiger partial charge in [-0.15, -0.1) is 0 Å². The second-order valence-corrected chi connectivity index (χ2v) is 8.92. The van der Waals surface area contributed by atoms with E-state index in [1.165, 1.54) is 6.07 Å². The van der Waals surface area contributed by atoms with Gasteiger partial charge < -0.3 is 14.1 Å². The molecule has 2 aromatic rings. The summed E-state index contributed by atoms with van der Waals surface area (Å²) in [6.45, 7) is 5.63. The van der Waals surface area contributed by atoms with Crippen molar-refractivity contribution in [3.63, 3.8) is 0 Å². The highest BCUT2D eigenvalue weighted by molar-refractivity contribution is 7.89. The van der Waals surface area contributed by atoms with Crippen LogP contribution in [0.15, 0.2) is 44.4 Å². The SMILES string of the molecule is Cc1ccc(C)c(S(=O)(=O)NCC(=O)N2CCC(Oc3cc(C)oc(=O)c3)C2)c1. The summed E-state index contributed by atoms with van der Waals surface area (Å²) in [4.78, 5) is 25.6. The van der Waals surface area contributed by atoms with Crippen LogP contribution in [0.5, 0.6) is 5.75 Å². The number of nitrogens with one attached hydrogen (secondary N) is 1. The van der Waals surface area contributed by atoms with Gasteiger partial charge in [0.15, 0.2) is 0 Å². The topological polar surface area (TPSA) is 106 Å². The zero-order chi connectivity index (χ0) is 21.2. The summed E-state index contributed by atoms with van der Waals surface area (Å²) in [5, 5.41) is 0. The molecule has 1 saturated heterocycles. The van der Waals surface area contributed by atoms with Gasteiger partial charge in [0.2, 0.25) is 15.9 Å². The first-order valence-corrected chi connectivity index (χ1v) is 10.8. The molecule has 1 amide bonds. The third-order valence-corrected chi connectivity index (χ3v) is 6.26. The van der Waals surface area contributed by atoms with Crippen molar-refractivity contribution in [3.8, 4) is 5.75 Å². The molecule has 9 heteroatoms. The number of ether oxygens (including phenoxy) is 1. The van der Waals surface area contributed by atoms with Crippen LogP contribution in [0.1, 0.15) is 23.3 Å². The minimum atomic E-state index is -3.78. The van der Waals surface area contributed by atoms with E-state index in [1.54, 1.807) is 36.9 Å². The van der Waals surface area contributed by atoms with Crippen molar-refractivity contribution >= 4 is 15.9 Å². The Morgan fingerprint density at radius 2 is 2.00 bits per heavy atom. The summed E-state index contributed by atoms with van der Waals surface area (Å²) in [6, 6.07) is 8.03. The van der Waals surface area contributed by atoms with Crippen LogP contribution >= 0.6 is 0 Å². The lowest BCUT2D eigenvalue weighted by atomic mass is 10.2. The van der Waals surface area contributed by atoms with Gasteiger partial charge in [0.25, 0.3) is 0 Å². The Bertz CT molecular complexity index is 1080. The summed E-state index contributed by atoms with van der Waals surface area (Å²) in [5.41, 5.74) is 0.951. The van der Waals surface area contributed by atoms with Crippen LogP contribution in [0, 0.1) is 20.8 Å². The summed E-state index contributed by atoms with van der Waals surface area (Å²) in [6.07, 6.45) is 0.324. The zero-order valence-corrected chi connectivity index (χ0v) is 17.4. The molecule has 2 heterocycles. The highest BCUT2D eigenvalue weighted by Crippen LogP contribution is 2.19. The maximum atomic E-state index is 12.5. The van der Waals surface area contributed by atoms with Crippen molar-refractivity contribution in [3.05, 3.63) is 57.6 Å². The van der Waals surface area contributed by atoms with Crippen molar-refractivity contribution in [1.82, 2.24) is 9.62 Å². The second kappa shape index (κ2) is 8.38. The number of nitrogens with zero attached hydrogens (tertiary/aromatic N) is 1. The fourth-order valence-corrected chi connectivity index (χ4v) is 4.53. The normalized spacial score (nSPS) is 16.8. The Hall–Kier alpha value is -2.65. The highest BCUT2D eigenvalue weighted by atomic mass is 32.2. The Morgan fingerprint density at radius 3 is 2.72 bits per heavy atom. The number of amides is 1. The van der Waals surface area contributed by atoms with Gasteiger partial charge >= 0.3 is 5.63 Å². The molecule has 1 aromatic heterocycles. The molecule has 0 spiro atoms. The molecule has 1 unspecified atom stereocenters. The van der Waals surface area contributed by atoms with Crippen LogP contribution < -0.4 is 15.1 Å². The molecule has 1 aromatic carbocycles. The van der Waals surface area contributed by atoms with Gasteiger partial charge in [-0.1, -0.05) is 12.1 Å². The first-order chi connectivity index (χ1) is 13.6. The zero-order valence-electron chi connectivity index (χ0n) is 16.6. The van der Waals surface area contributed by atoms with E-state index in [9.17, 15) is 18.0 Å². The molecule has 0 saturated carbocycles. The van der Waals surface area contributed by atoms with Gasteiger partial charge in [-0.2, -0.15) is 0 Å². The molecule has 1 N–H and O–H groups in total. The average Bonchev–Trinajstić information content (AvgIpc) is 3.09. The predicted molar refractivity (Wildman–Crippen MR) is 106 cm³/mol. The molecule has 1 atom stereocenters. The van der Waals surface area contributed by atoms with Gasteiger partial charge in [-0.05, 0) is 38.0 Å². The number of sulfonamides is 1. The number of benzene rings is 1. The molecule has 1 aliphatic heterocycles. The lowest BCUT2D eigenvalue weighted by Gasteiger charge is -2.18. The van der Waals surface area contributed by atoms with Crippen molar-refractivity contribution in [2.45, 2.75) is 38.2 Å².